The Morgan fingerprint density at radius 1 is 1.41 bits per heavy atom. The average molecular weight is 296 g/mol. The van der Waals surface area contributed by atoms with Crippen molar-refractivity contribution < 1.29 is 9.90 Å². The number of hydrogen-bond donors (Lipinski definition) is 2. The summed E-state index contributed by atoms with van der Waals surface area (Å²) in [5, 5.41) is 10.1. The molecule has 0 unspecified atom stereocenters. The van der Waals surface area contributed by atoms with Crippen LogP contribution in [0.1, 0.15) is 29.8 Å². The highest BCUT2D eigenvalue weighted by atomic mass is 16.4. The Hall–Kier alpha value is -2.76. The van der Waals surface area contributed by atoms with Crippen molar-refractivity contribution in [1.29, 1.82) is 0 Å². The molecule has 6 nitrogen and oxygen atoms in total. The van der Waals surface area contributed by atoms with E-state index in [-0.39, 0.29) is 11.0 Å². The minimum absolute atomic E-state index is 0.164. The molecule has 112 valence electrons. The average Bonchev–Trinajstić information content (AvgIpc) is 3.01. The van der Waals surface area contributed by atoms with Crippen LogP contribution in [0.15, 0.2) is 30.6 Å². The number of fused-ring (bicyclic) bond motifs is 5. The molecular formula is C16H16N4O2. The quantitative estimate of drug-likeness (QED) is 0.674. The van der Waals surface area contributed by atoms with E-state index in [0.717, 1.165) is 34.5 Å². The van der Waals surface area contributed by atoms with Crippen molar-refractivity contribution in [3.8, 4) is 11.5 Å². The third kappa shape index (κ3) is 1.49. The number of nitrogens with two attached hydrogens (primary N) is 1. The molecule has 1 aromatic carbocycles. The van der Waals surface area contributed by atoms with Crippen molar-refractivity contribution in [2.45, 2.75) is 25.8 Å². The van der Waals surface area contributed by atoms with Crippen LogP contribution in [0.5, 0.6) is 0 Å². The number of nitrogen functional groups attached to an aromatic ring is 1. The first kappa shape index (κ1) is 12.9. The van der Waals surface area contributed by atoms with Gasteiger partial charge in [0.1, 0.15) is 5.69 Å². The lowest BCUT2D eigenvalue weighted by molar-refractivity contribution is 0.0697. The molecule has 0 fully saturated rings. The third-order valence-corrected chi connectivity index (χ3v) is 4.42. The molecule has 0 saturated heterocycles. The molecule has 0 saturated carbocycles. The van der Waals surface area contributed by atoms with E-state index in [2.05, 4.69) is 23.4 Å². The Bertz CT molecular complexity index is 933. The molecule has 1 aliphatic heterocycles. The monoisotopic (exact) mass is 296 g/mol. The topological polar surface area (TPSA) is 86.1 Å². The molecule has 0 bridgehead atoms. The smallest absolute Gasteiger partial charge is 0.335 e. The van der Waals surface area contributed by atoms with Gasteiger partial charge in [-0.1, -0.05) is 13.8 Å². The number of benzene rings is 1. The molecule has 0 spiro atoms. The van der Waals surface area contributed by atoms with Gasteiger partial charge in [0.25, 0.3) is 0 Å². The molecule has 3 N–H and O–H groups in total. The summed E-state index contributed by atoms with van der Waals surface area (Å²) >= 11 is 0. The van der Waals surface area contributed by atoms with Gasteiger partial charge in [-0.25, -0.2) is 9.78 Å². The molecule has 6 heteroatoms. The van der Waals surface area contributed by atoms with Crippen molar-refractivity contribution in [1.82, 2.24) is 14.2 Å². The number of aromatic carboxylic acids is 1. The van der Waals surface area contributed by atoms with Crippen LogP contribution in [0.3, 0.4) is 0 Å². The van der Waals surface area contributed by atoms with Crippen LogP contribution in [-0.4, -0.2) is 25.3 Å². The van der Waals surface area contributed by atoms with Gasteiger partial charge < -0.3 is 15.5 Å². The normalized spacial score (nSPS) is 15.5. The summed E-state index contributed by atoms with van der Waals surface area (Å²) in [6.07, 6.45) is 3.71. The zero-order valence-electron chi connectivity index (χ0n) is 12.4. The molecule has 3 aromatic rings. The van der Waals surface area contributed by atoms with E-state index in [9.17, 15) is 9.90 Å². The molecule has 0 atom stereocenters. The highest BCUT2D eigenvalue weighted by Gasteiger charge is 2.36. The second kappa shape index (κ2) is 3.91. The molecule has 0 radical (unpaired) electrons. The zero-order valence-corrected chi connectivity index (χ0v) is 12.4. The van der Waals surface area contributed by atoms with Crippen molar-refractivity contribution in [2.75, 3.05) is 5.84 Å². The summed E-state index contributed by atoms with van der Waals surface area (Å²) < 4.78 is 3.71. The highest BCUT2D eigenvalue weighted by Crippen LogP contribution is 2.44. The standard InChI is InChI=1S/C16H16N4O2/c1-16(2)8-19-6-5-18-14(19)13-12(16)10-7-9(15(21)22)3-4-11(10)20(13)17/h3-7H,8,17H2,1-2H3,(H,21,22). The fraction of sp³-hybridized carbons (Fsp3) is 0.250. The van der Waals surface area contributed by atoms with Crippen LogP contribution in [-0.2, 0) is 12.0 Å². The van der Waals surface area contributed by atoms with Crippen molar-refractivity contribution >= 4 is 16.9 Å². The second-order valence-corrected chi connectivity index (χ2v) is 6.39. The lowest BCUT2D eigenvalue weighted by Gasteiger charge is -2.31. The fourth-order valence-corrected chi connectivity index (χ4v) is 3.51. The van der Waals surface area contributed by atoms with Gasteiger partial charge in [0.15, 0.2) is 5.82 Å². The number of nitrogens with zero attached hydrogens (tertiary/aromatic N) is 3. The molecule has 1 aliphatic rings. The first-order valence-electron chi connectivity index (χ1n) is 7.09. The van der Waals surface area contributed by atoms with Crippen LogP contribution in [0, 0.1) is 0 Å². The molecule has 2 aromatic heterocycles. The first-order chi connectivity index (χ1) is 10.4. The Labute approximate surface area is 126 Å². The van der Waals surface area contributed by atoms with Crippen LogP contribution in [0.25, 0.3) is 22.4 Å². The fourth-order valence-electron chi connectivity index (χ4n) is 3.51. The van der Waals surface area contributed by atoms with Gasteiger partial charge in [0.05, 0.1) is 11.1 Å². The maximum Gasteiger partial charge on any atom is 0.335 e. The maximum absolute atomic E-state index is 11.3. The number of imidazole rings is 1. The Kier molecular flexibility index (Phi) is 2.30. The third-order valence-electron chi connectivity index (χ3n) is 4.42. The van der Waals surface area contributed by atoms with Gasteiger partial charge in [-0.2, -0.15) is 0 Å². The molecular weight excluding hydrogens is 280 g/mol. The van der Waals surface area contributed by atoms with Gasteiger partial charge >= 0.3 is 5.97 Å². The number of carboxylic acid groups (broad SMARTS) is 1. The summed E-state index contributed by atoms with van der Waals surface area (Å²) in [5.41, 5.74) is 2.85. The van der Waals surface area contributed by atoms with Crippen molar-refractivity contribution in [3.05, 3.63) is 41.7 Å². The van der Waals surface area contributed by atoms with Crippen LogP contribution < -0.4 is 5.84 Å². The molecule has 0 amide bonds. The summed E-state index contributed by atoms with van der Waals surface area (Å²) in [4.78, 5) is 15.7. The van der Waals surface area contributed by atoms with E-state index >= 15 is 0 Å². The Balaban J connectivity index is 2.16. The van der Waals surface area contributed by atoms with Gasteiger partial charge in [0, 0.05) is 29.7 Å². The largest absolute Gasteiger partial charge is 0.478 e. The van der Waals surface area contributed by atoms with Gasteiger partial charge in [0.2, 0.25) is 0 Å². The molecule has 0 aliphatic carbocycles. The number of rotatable bonds is 1. The van der Waals surface area contributed by atoms with Crippen molar-refractivity contribution in [3.63, 3.8) is 0 Å². The lowest BCUT2D eigenvalue weighted by Crippen LogP contribution is -2.30. The summed E-state index contributed by atoms with van der Waals surface area (Å²) in [6.45, 7) is 5.06. The lowest BCUT2D eigenvalue weighted by atomic mass is 9.80. The van der Waals surface area contributed by atoms with E-state index in [1.54, 1.807) is 29.1 Å². The van der Waals surface area contributed by atoms with E-state index in [1.165, 1.54) is 0 Å². The van der Waals surface area contributed by atoms with E-state index in [4.69, 9.17) is 5.84 Å². The number of carbonyl (C=O) groups is 1. The molecule has 4 rings (SSSR count). The van der Waals surface area contributed by atoms with Crippen LogP contribution in [0.4, 0.5) is 0 Å². The zero-order chi connectivity index (χ0) is 15.6. The molecule has 3 heterocycles. The minimum atomic E-state index is -0.935. The van der Waals surface area contributed by atoms with Crippen LogP contribution >= 0.6 is 0 Å². The predicted octanol–water partition coefficient (Wildman–Crippen LogP) is 2.21. The Morgan fingerprint density at radius 3 is 2.91 bits per heavy atom. The van der Waals surface area contributed by atoms with E-state index in [1.807, 2.05) is 6.20 Å². The molecule has 22 heavy (non-hydrogen) atoms. The second-order valence-electron chi connectivity index (χ2n) is 6.39. The summed E-state index contributed by atoms with van der Waals surface area (Å²) in [6, 6.07) is 5.06. The SMILES string of the molecule is CC1(C)Cn2ccnc2-c2c1c1cc(C(=O)O)ccc1n2N. The minimum Gasteiger partial charge on any atom is -0.478 e. The first-order valence-corrected chi connectivity index (χ1v) is 7.09. The van der Waals surface area contributed by atoms with Gasteiger partial charge in [-0.05, 0) is 23.8 Å². The number of hydrogen-bond acceptors (Lipinski definition) is 3. The van der Waals surface area contributed by atoms with Crippen molar-refractivity contribution in [2.24, 2.45) is 0 Å². The predicted molar refractivity (Wildman–Crippen MR) is 83.3 cm³/mol. The van der Waals surface area contributed by atoms with E-state index < -0.39 is 5.97 Å². The van der Waals surface area contributed by atoms with Crippen LogP contribution in [0.2, 0.25) is 0 Å². The number of aromatic nitrogens is 3. The highest BCUT2D eigenvalue weighted by molar-refractivity contribution is 5.98. The summed E-state index contributed by atoms with van der Waals surface area (Å²) in [7, 11) is 0. The van der Waals surface area contributed by atoms with E-state index in [0.29, 0.717) is 0 Å². The maximum atomic E-state index is 11.3. The number of carboxylic acids is 1. The van der Waals surface area contributed by atoms with Gasteiger partial charge in [-0.15, -0.1) is 0 Å². The van der Waals surface area contributed by atoms with Gasteiger partial charge in [-0.3, -0.25) is 4.68 Å². The summed E-state index contributed by atoms with van der Waals surface area (Å²) in [5.74, 6) is 6.19. The Morgan fingerprint density at radius 2 is 2.18 bits per heavy atom.